The van der Waals surface area contributed by atoms with Gasteiger partial charge in [0.15, 0.2) is 5.16 Å². The highest BCUT2D eigenvalue weighted by Crippen LogP contribution is 2.34. The number of nitrogens with zero attached hydrogens (tertiary/aromatic N) is 1. The van der Waals surface area contributed by atoms with Crippen LogP contribution in [0.2, 0.25) is 0 Å². The standard InChI is InChI=1S/C21H24N2O3S2/c1-12-6-5-7-13(2)18(12)26-10-14(24)11-27-21-22-19(25)17-15-8-3-4-9-16(15)28-20(17)23-21/h5-7,14,24H,3-4,8-11H2,1-2H3,(H,22,23,25)/t14-/m0/s1. The quantitative estimate of drug-likeness (QED) is 0.469. The third kappa shape index (κ3) is 3.97. The predicted molar refractivity (Wildman–Crippen MR) is 115 cm³/mol. The number of H-pyrrole nitrogens is 1. The highest BCUT2D eigenvalue weighted by Gasteiger charge is 2.20. The van der Waals surface area contributed by atoms with Gasteiger partial charge in [-0.3, -0.25) is 4.79 Å². The Balaban J connectivity index is 1.42. The molecule has 1 atom stereocenters. The zero-order valence-electron chi connectivity index (χ0n) is 16.1. The summed E-state index contributed by atoms with van der Waals surface area (Å²) in [6.07, 6.45) is 3.70. The van der Waals surface area contributed by atoms with E-state index in [1.807, 2.05) is 32.0 Å². The second-order valence-corrected chi connectivity index (χ2v) is 9.35. The summed E-state index contributed by atoms with van der Waals surface area (Å²) in [6.45, 7) is 4.19. The van der Waals surface area contributed by atoms with Crippen LogP contribution in [-0.4, -0.2) is 33.5 Å². The van der Waals surface area contributed by atoms with Gasteiger partial charge in [-0.15, -0.1) is 11.3 Å². The summed E-state index contributed by atoms with van der Waals surface area (Å²) < 4.78 is 5.81. The average Bonchev–Trinajstić information content (AvgIpc) is 3.05. The molecular weight excluding hydrogens is 392 g/mol. The monoisotopic (exact) mass is 416 g/mol. The molecule has 3 aromatic rings. The summed E-state index contributed by atoms with van der Waals surface area (Å²) >= 11 is 3.00. The molecule has 0 unspecified atom stereocenters. The van der Waals surface area contributed by atoms with Crippen LogP contribution in [0.25, 0.3) is 10.2 Å². The Morgan fingerprint density at radius 1 is 1.29 bits per heavy atom. The highest BCUT2D eigenvalue weighted by atomic mass is 32.2. The number of hydrogen-bond acceptors (Lipinski definition) is 6. The Labute approximate surface area is 172 Å². The molecule has 1 aliphatic carbocycles. The van der Waals surface area contributed by atoms with Crippen LogP contribution in [0.3, 0.4) is 0 Å². The zero-order chi connectivity index (χ0) is 19.7. The van der Waals surface area contributed by atoms with Crippen molar-refractivity contribution in [2.75, 3.05) is 12.4 Å². The topological polar surface area (TPSA) is 75.2 Å². The molecule has 0 aliphatic heterocycles. The van der Waals surface area contributed by atoms with Crippen LogP contribution in [0.4, 0.5) is 0 Å². The third-order valence-electron chi connectivity index (χ3n) is 5.04. The van der Waals surface area contributed by atoms with E-state index in [0.29, 0.717) is 10.9 Å². The maximum absolute atomic E-state index is 12.6. The number of rotatable bonds is 6. The van der Waals surface area contributed by atoms with E-state index in [2.05, 4.69) is 9.97 Å². The molecule has 7 heteroatoms. The number of benzene rings is 1. The summed E-state index contributed by atoms with van der Waals surface area (Å²) in [7, 11) is 0. The summed E-state index contributed by atoms with van der Waals surface area (Å²) in [4.78, 5) is 22.2. The van der Waals surface area contributed by atoms with Gasteiger partial charge in [0.2, 0.25) is 0 Å². The number of aromatic amines is 1. The average molecular weight is 417 g/mol. The maximum Gasteiger partial charge on any atom is 0.260 e. The lowest BCUT2D eigenvalue weighted by atomic mass is 9.97. The van der Waals surface area contributed by atoms with Crippen molar-refractivity contribution in [1.29, 1.82) is 0 Å². The Morgan fingerprint density at radius 2 is 2.04 bits per heavy atom. The number of thioether (sulfide) groups is 1. The largest absolute Gasteiger partial charge is 0.490 e. The van der Waals surface area contributed by atoms with Crippen LogP contribution in [0, 0.1) is 13.8 Å². The predicted octanol–water partition coefficient (Wildman–Crippen LogP) is 4.01. The Bertz CT molecular complexity index is 1040. The Kier molecular flexibility index (Phi) is 5.75. The Morgan fingerprint density at radius 3 is 2.82 bits per heavy atom. The summed E-state index contributed by atoms with van der Waals surface area (Å²) in [6, 6.07) is 5.98. The molecule has 0 fully saturated rings. The number of hydrogen-bond donors (Lipinski definition) is 2. The molecule has 0 saturated heterocycles. The lowest BCUT2D eigenvalue weighted by Gasteiger charge is -2.15. The van der Waals surface area contributed by atoms with Crippen LogP contribution in [0.5, 0.6) is 5.75 Å². The van der Waals surface area contributed by atoms with Crippen molar-refractivity contribution < 1.29 is 9.84 Å². The van der Waals surface area contributed by atoms with Crippen molar-refractivity contribution in [3.8, 4) is 5.75 Å². The molecule has 5 nitrogen and oxygen atoms in total. The smallest absolute Gasteiger partial charge is 0.260 e. The molecule has 0 amide bonds. The van der Waals surface area contributed by atoms with Gasteiger partial charge in [0, 0.05) is 10.6 Å². The third-order valence-corrected chi connectivity index (χ3v) is 7.25. The van der Waals surface area contributed by atoms with Crippen LogP contribution in [-0.2, 0) is 12.8 Å². The van der Waals surface area contributed by atoms with E-state index in [4.69, 9.17) is 4.74 Å². The molecule has 0 radical (unpaired) electrons. The zero-order valence-corrected chi connectivity index (χ0v) is 17.7. The number of fused-ring (bicyclic) bond motifs is 3. The fraction of sp³-hybridized carbons (Fsp3) is 0.429. The maximum atomic E-state index is 12.6. The van der Waals surface area contributed by atoms with Crippen LogP contribution >= 0.6 is 23.1 Å². The van der Waals surface area contributed by atoms with Crippen molar-refractivity contribution in [3.63, 3.8) is 0 Å². The molecule has 2 heterocycles. The van der Waals surface area contributed by atoms with Crippen molar-refractivity contribution in [3.05, 3.63) is 50.1 Å². The number of nitrogens with one attached hydrogen (secondary N) is 1. The molecule has 1 aromatic carbocycles. The van der Waals surface area contributed by atoms with Crippen LogP contribution in [0.1, 0.15) is 34.4 Å². The molecule has 2 aromatic heterocycles. The van der Waals surface area contributed by atoms with Crippen molar-refractivity contribution in [2.24, 2.45) is 0 Å². The first-order valence-electron chi connectivity index (χ1n) is 9.57. The number of aliphatic hydroxyl groups excluding tert-OH is 1. The molecule has 148 valence electrons. The van der Waals surface area contributed by atoms with Crippen LogP contribution < -0.4 is 10.3 Å². The van der Waals surface area contributed by atoms with Crippen molar-refractivity contribution >= 4 is 33.3 Å². The van der Waals surface area contributed by atoms with Crippen molar-refractivity contribution in [1.82, 2.24) is 9.97 Å². The van der Waals surface area contributed by atoms with Gasteiger partial charge in [-0.2, -0.15) is 0 Å². The number of ether oxygens (including phenoxy) is 1. The van der Waals surface area contributed by atoms with E-state index in [-0.39, 0.29) is 12.2 Å². The Hall–Kier alpha value is -1.83. The second kappa shape index (κ2) is 8.27. The second-order valence-electron chi connectivity index (χ2n) is 7.26. The fourth-order valence-electron chi connectivity index (χ4n) is 3.64. The van der Waals surface area contributed by atoms with E-state index in [1.165, 1.54) is 28.6 Å². The van der Waals surface area contributed by atoms with Gasteiger partial charge in [0.1, 0.15) is 17.2 Å². The van der Waals surface area contributed by atoms with E-state index in [0.717, 1.165) is 46.4 Å². The first-order chi connectivity index (χ1) is 13.5. The number of aryl methyl sites for hydroxylation is 4. The number of aromatic nitrogens is 2. The molecule has 28 heavy (non-hydrogen) atoms. The van der Waals surface area contributed by atoms with Gasteiger partial charge < -0.3 is 14.8 Å². The van der Waals surface area contributed by atoms with E-state index in [9.17, 15) is 9.90 Å². The summed E-state index contributed by atoms with van der Waals surface area (Å²) in [5.74, 6) is 1.23. The minimum absolute atomic E-state index is 0.0619. The van der Waals surface area contributed by atoms with Gasteiger partial charge in [0.25, 0.3) is 5.56 Å². The molecule has 1 aliphatic rings. The molecule has 4 rings (SSSR count). The highest BCUT2D eigenvalue weighted by molar-refractivity contribution is 7.99. The normalized spacial score (nSPS) is 14.8. The lowest BCUT2D eigenvalue weighted by Crippen LogP contribution is -2.21. The summed E-state index contributed by atoms with van der Waals surface area (Å²) in [5, 5.41) is 11.6. The molecular formula is C21H24N2O3S2. The van der Waals surface area contributed by atoms with Gasteiger partial charge in [-0.05, 0) is 56.2 Å². The number of para-hydroxylation sites is 1. The minimum atomic E-state index is -0.651. The van der Waals surface area contributed by atoms with Gasteiger partial charge in [-0.1, -0.05) is 30.0 Å². The molecule has 0 saturated carbocycles. The SMILES string of the molecule is Cc1cccc(C)c1OC[C@H](O)CSc1nc2sc3c(c2c(=O)[nH]1)CCCC3. The lowest BCUT2D eigenvalue weighted by molar-refractivity contribution is 0.125. The fourth-order valence-corrected chi connectivity index (χ4v) is 5.73. The summed E-state index contributed by atoms with van der Waals surface area (Å²) in [5.41, 5.74) is 3.24. The molecule has 2 N–H and O–H groups in total. The minimum Gasteiger partial charge on any atom is -0.490 e. The first-order valence-corrected chi connectivity index (χ1v) is 11.4. The van der Waals surface area contributed by atoms with Gasteiger partial charge in [0.05, 0.1) is 11.5 Å². The molecule has 0 spiro atoms. The van der Waals surface area contributed by atoms with Crippen LogP contribution in [0.15, 0.2) is 28.2 Å². The number of aliphatic hydroxyl groups is 1. The van der Waals surface area contributed by atoms with E-state index in [1.54, 1.807) is 11.3 Å². The van der Waals surface area contributed by atoms with E-state index < -0.39 is 6.10 Å². The van der Waals surface area contributed by atoms with Crippen molar-refractivity contribution in [2.45, 2.75) is 50.8 Å². The van der Waals surface area contributed by atoms with E-state index >= 15 is 0 Å². The van der Waals surface area contributed by atoms with Gasteiger partial charge in [-0.25, -0.2) is 4.98 Å². The number of thiophene rings is 1. The molecule has 0 bridgehead atoms. The van der Waals surface area contributed by atoms with Gasteiger partial charge >= 0.3 is 0 Å². The first kappa shape index (κ1) is 19.5.